The quantitative estimate of drug-likeness (QED) is 0.116. The van der Waals surface area contributed by atoms with Gasteiger partial charge in [-0.2, -0.15) is 10.5 Å². The third kappa shape index (κ3) is 6.34. The molecule has 2 aromatic rings. The maximum atomic E-state index is 12.2. The average molecular weight is 480 g/mol. The molecule has 0 aliphatic heterocycles. The summed E-state index contributed by atoms with van der Waals surface area (Å²) in [5.41, 5.74) is -0.909. The molecule has 180 valence electrons. The van der Waals surface area contributed by atoms with E-state index in [2.05, 4.69) is 10.6 Å². The lowest BCUT2D eigenvalue weighted by Crippen LogP contribution is -2.30. The van der Waals surface area contributed by atoms with Crippen molar-refractivity contribution in [2.45, 2.75) is 6.42 Å². The molecule has 2 amide bonds. The van der Waals surface area contributed by atoms with Gasteiger partial charge in [0.1, 0.15) is 23.3 Å². The number of benzene rings is 2. The van der Waals surface area contributed by atoms with Gasteiger partial charge >= 0.3 is 0 Å². The molecule has 0 fully saturated rings. The molecule has 0 aliphatic rings. The molecule has 2 rings (SSSR count). The van der Waals surface area contributed by atoms with Crippen molar-refractivity contribution in [1.29, 1.82) is 10.5 Å². The molecule has 0 bridgehead atoms. The fraction of sp³-hybridized carbons (Fsp3) is 0.130. The summed E-state index contributed by atoms with van der Waals surface area (Å²) in [6, 6.07) is 7.86. The Hall–Kier alpha value is -5.36. The van der Waals surface area contributed by atoms with Crippen LogP contribution in [0.5, 0.6) is 34.5 Å². The molecule has 2 aromatic carbocycles. The van der Waals surface area contributed by atoms with Gasteiger partial charge in [-0.25, -0.2) is 0 Å². The fourth-order valence-corrected chi connectivity index (χ4v) is 2.69. The zero-order valence-corrected chi connectivity index (χ0v) is 18.0. The van der Waals surface area contributed by atoms with Crippen LogP contribution in [0.15, 0.2) is 35.4 Å². The Kier molecular flexibility index (Phi) is 8.50. The first-order valence-corrected chi connectivity index (χ1v) is 9.88. The summed E-state index contributed by atoms with van der Waals surface area (Å²) in [5, 5.41) is 80.6. The number of hydrogen-bond acceptors (Lipinski definition) is 10. The highest BCUT2D eigenvalue weighted by molar-refractivity contribution is 6.02. The highest BCUT2D eigenvalue weighted by Gasteiger charge is 2.15. The number of phenolic OH excluding ortho intramolecular Hbond substituents is 6. The van der Waals surface area contributed by atoms with Gasteiger partial charge in [-0.3, -0.25) is 9.59 Å². The molecule has 0 saturated carbocycles. The summed E-state index contributed by atoms with van der Waals surface area (Å²) < 4.78 is 0. The van der Waals surface area contributed by atoms with E-state index in [1.807, 2.05) is 0 Å². The Balaban J connectivity index is 1.92. The number of nitrogens with one attached hydrogen (secondary N) is 2. The smallest absolute Gasteiger partial charge is 0.261 e. The Labute approximate surface area is 198 Å². The van der Waals surface area contributed by atoms with Crippen molar-refractivity contribution in [2.75, 3.05) is 13.1 Å². The van der Waals surface area contributed by atoms with E-state index in [-0.39, 0.29) is 41.8 Å². The highest BCUT2D eigenvalue weighted by atomic mass is 16.3. The molecule has 8 N–H and O–H groups in total. The molecule has 0 heterocycles. The van der Waals surface area contributed by atoms with Crippen LogP contribution in [-0.4, -0.2) is 55.5 Å². The van der Waals surface area contributed by atoms with Crippen molar-refractivity contribution < 1.29 is 40.2 Å². The second-order valence-electron chi connectivity index (χ2n) is 6.95. The van der Waals surface area contributed by atoms with Crippen molar-refractivity contribution in [3.05, 3.63) is 46.5 Å². The number of carbonyl (C=O) groups excluding carboxylic acids is 2. The van der Waals surface area contributed by atoms with Crippen LogP contribution in [-0.2, 0) is 9.59 Å². The number of nitriles is 2. The van der Waals surface area contributed by atoms with E-state index in [0.717, 1.165) is 24.3 Å². The molecule has 0 unspecified atom stereocenters. The third-order valence-electron chi connectivity index (χ3n) is 4.58. The summed E-state index contributed by atoms with van der Waals surface area (Å²) in [7, 11) is 0. The number of amides is 2. The lowest BCUT2D eigenvalue weighted by molar-refractivity contribution is -0.117. The molecule has 0 radical (unpaired) electrons. The number of carbonyl (C=O) groups is 2. The van der Waals surface area contributed by atoms with E-state index in [1.54, 1.807) is 12.1 Å². The van der Waals surface area contributed by atoms with Gasteiger partial charge in [0.2, 0.25) is 11.5 Å². The lowest BCUT2D eigenvalue weighted by Gasteiger charge is -2.08. The monoisotopic (exact) mass is 480 g/mol. The molecular weight excluding hydrogens is 460 g/mol. The predicted octanol–water partition coefficient (Wildman–Crippen LogP) is 1.06. The Bertz CT molecular complexity index is 1200. The van der Waals surface area contributed by atoms with Gasteiger partial charge in [-0.15, -0.1) is 0 Å². The fourth-order valence-electron chi connectivity index (χ4n) is 2.69. The van der Waals surface area contributed by atoms with Crippen LogP contribution >= 0.6 is 0 Å². The van der Waals surface area contributed by atoms with Gasteiger partial charge in [-0.05, 0) is 42.8 Å². The Morgan fingerprint density at radius 3 is 1.40 bits per heavy atom. The van der Waals surface area contributed by atoms with Crippen LogP contribution in [0.3, 0.4) is 0 Å². The van der Waals surface area contributed by atoms with Crippen LogP contribution in [0, 0.1) is 22.7 Å². The number of nitrogens with zero attached hydrogens (tertiary/aromatic N) is 2. The minimum Gasteiger partial charge on any atom is -0.504 e. The number of hydrogen-bond donors (Lipinski definition) is 8. The normalized spacial score (nSPS) is 11.3. The molecule has 0 saturated heterocycles. The number of aromatic hydroxyl groups is 6. The van der Waals surface area contributed by atoms with Gasteiger partial charge in [0, 0.05) is 24.2 Å². The van der Waals surface area contributed by atoms with Gasteiger partial charge in [0.25, 0.3) is 11.8 Å². The maximum absolute atomic E-state index is 12.2. The van der Waals surface area contributed by atoms with Crippen molar-refractivity contribution >= 4 is 24.0 Å². The van der Waals surface area contributed by atoms with Crippen LogP contribution in [0.1, 0.15) is 17.5 Å². The van der Waals surface area contributed by atoms with E-state index in [0.29, 0.717) is 0 Å². The zero-order valence-electron chi connectivity index (χ0n) is 18.0. The Morgan fingerprint density at radius 2 is 1.06 bits per heavy atom. The van der Waals surface area contributed by atoms with E-state index >= 15 is 0 Å². The summed E-state index contributed by atoms with van der Waals surface area (Å²) in [5.74, 6) is -5.71. The molecule has 0 aromatic heterocycles. The molecule has 12 nitrogen and oxygen atoms in total. The second kappa shape index (κ2) is 11.5. The minimum atomic E-state index is -0.796. The van der Waals surface area contributed by atoms with Crippen molar-refractivity contribution in [3.8, 4) is 46.6 Å². The average Bonchev–Trinajstić information content (AvgIpc) is 2.84. The Morgan fingerprint density at radius 1 is 0.686 bits per heavy atom. The standard InChI is InChI=1S/C23H20N4O8/c24-10-14(8-12-2-4-16(28)20(32)18(12)30)22(34)26-6-1-7-27-23(35)15(11-25)9-13-3-5-17(29)21(33)19(13)31/h2-5,8-9,28-33H,1,6-7H2,(H,26,34)(H,27,35). The number of rotatable bonds is 8. The summed E-state index contributed by atoms with van der Waals surface area (Å²) in [4.78, 5) is 24.4. The predicted molar refractivity (Wildman–Crippen MR) is 121 cm³/mol. The molecule has 0 spiro atoms. The van der Waals surface area contributed by atoms with Crippen molar-refractivity contribution in [1.82, 2.24) is 10.6 Å². The highest BCUT2D eigenvalue weighted by Crippen LogP contribution is 2.38. The van der Waals surface area contributed by atoms with Gasteiger partial charge in [0.05, 0.1) is 0 Å². The zero-order chi connectivity index (χ0) is 26.1. The van der Waals surface area contributed by atoms with E-state index < -0.39 is 46.3 Å². The van der Waals surface area contributed by atoms with Crippen molar-refractivity contribution in [3.63, 3.8) is 0 Å². The van der Waals surface area contributed by atoms with E-state index in [4.69, 9.17) is 0 Å². The van der Waals surface area contributed by atoms with Crippen molar-refractivity contribution in [2.24, 2.45) is 0 Å². The largest absolute Gasteiger partial charge is 0.504 e. The molecule has 12 heteroatoms. The first-order chi connectivity index (χ1) is 16.6. The molecular formula is C23H20N4O8. The van der Waals surface area contributed by atoms with Crippen LogP contribution in [0.2, 0.25) is 0 Å². The summed E-state index contributed by atoms with van der Waals surface area (Å²) in [6.45, 7) is 0.0618. The SMILES string of the molecule is N#CC(=Cc1ccc(O)c(O)c1O)C(=O)NCCCNC(=O)C(C#N)=Cc1ccc(O)c(O)c1O. The maximum Gasteiger partial charge on any atom is 0.261 e. The summed E-state index contributed by atoms with van der Waals surface area (Å²) >= 11 is 0. The lowest BCUT2D eigenvalue weighted by atomic mass is 10.1. The summed E-state index contributed by atoms with van der Waals surface area (Å²) in [6.07, 6.45) is 2.25. The number of phenols is 6. The van der Waals surface area contributed by atoms with Crippen LogP contribution in [0.25, 0.3) is 12.2 Å². The second-order valence-corrected chi connectivity index (χ2v) is 6.95. The van der Waals surface area contributed by atoms with Gasteiger partial charge < -0.3 is 41.3 Å². The van der Waals surface area contributed by atoms with E-state index in [9.17, 15) is 50.8 Å². The van der Waals surface area contributed by atoms with Crippen LogP contribution < -0.4 is 10.6 Å². The van der Waals surface area contributed by atoms with E-state index in [1.165, 1.54) is 12.1 Å². The first-order valence-electron chi connectivity index (χ1n) is 9.88. The van der Waals surface area contributed by atoms with Gasteiger partial charge in [-0.1, -0.05) is 0 Å². The third-order valence-corrected chi connectivity index (χ3v) is 4.58. The van der Waals surface area contributed by atoms with Crippen LogP contribution in [0.4, 0.5) is 0 Å². The first kappa shape index (κ1) is 25.9. The molecule has 35 heavy (non-hydrogen) atoms. The topological polar surface area (TPSA) is 227 Å². The van der Waals surface area contributed by atoms with Gasteiger partial charge in [0.15, 0.2) is 23.0 Å². The minimum absolute atomic E-state index is 0.0309. The molecule has 0 aliphatic carbocycles. The molecule has 0 atom stereocenters.